The van der Waals surface area contributed by atoms with E-state index in [2.05, 4.69) is 296 Å². The van der Waals surface area contributed by atoms with Crippen LogP contribution in [0.3, 0.4) is 0 Å². The topological polar surface area (TPSA) is 55.4 Å². The number of ether oxygens (including phenoxy) is 6. The molecule has 0 bridgehead atoms. The van der Waals surface area contributed by atoms with Gasteiger partial charge in [-0.2, -0.15) is 0 Å². The lowest BCUT2D eigenvalue weighted by molar-refractivity contribution is 0.290. The van der Waals surface area contributed by atoms with Gasteiger partial charge in [0.05, 0.1) is 39.6 Å². The van der Waals surface area contributed by atoms with Crippen molar-refractivity contribution < 1.29 is 28.4 Å². The molecule has 0 amide bonds. The summed E-state index contributed by atoms with van der Waals surface area (Å²) < 4.78 is 38.6. The van der Waals surface area contributed by atoms with Crippen LogP contribution in [0, 0.1) is 0 Å². The molecule has 0 fully saturated rings. The average Bonchev–Trinajstić information content (AvgIpc) is 0.748. The first kappa shape index (κ1) is 82.5. The van der Waals surface area contributed by atoms with Gasteiger partial charge < -0.3 is 28.4 Å². The first-order valence-electron chi connectivity index (χ1n) is 42.0. The third kappa shape index (κ3) is 27.8. The molecule has 110 heavy (non-hydrogen) atoms. The Labute approximate surface area is 660 Å². The fourth-order valence-corrected chi connectivity index (χ4v) is 13.7. The Kier molecular flexibility index (Phi) is 35.3. The van der Waals surface area contributed by atoms with Crippen molar-refractivity contribution in [2.75, 3.05) is 39.6 Å². The lowest BCUT2D eigenvalue weighted by Crippen LogP contribution is -2.03. The fourth-order valence-electron chi connectivity index (χ4n) is 13.7. The first-order chi connectivity index (χ1) is 54.3. The summed E-state index contributed by atoms with van der Waals surface area (Å²) in [7, 11) is 0. The zero-order valence-electron chi connectivity index (χ0n) is 67.1. The Morgan fingerprint density at radius 3 is 0.627 bits per heavy atom. The van der Waals surface area contributed by atoms with Crippen LogP contribution in [0.2, 0.25) is 0 Å². The first-order valence-corrected chi connectivity index (χ1v) is 42.0. The number of hydrogen-bond acceptors (Lipinski definition) is 6. The number of unbranched alkanes of at least 4 members (excludes halogenated alkanes) is 18. The van der Waals surface area contributed by atoms with E-state index in [0.717, 1.165) is 212 Å². The van der Waals surface area contributed by atoms with Gasteiger partial charge in [0.2, 0.25) is 0 Å². The quantitative estimate of drug-likeness (QED) is 0.0280. The molecule has 6 nitrogen and oxygen atoms in total. The van der Waals surface area contributed by atoms with Crippen LogP contribution in [0.25, 0.3) is 106 Å². The van der Waals surface area contributed by atoms with E-state index in [-0.39, 0.29) is 0 Å². The number of rotatable bonds is 49. The summed E-state index contributed by atoms with van der Waals surface area (Å²) in [6, 6.07) is 70.0. The predicted octanol–water partition coefficient (Wildman–Crippen LogP) is 30.4. The van der Waals surface area contributed by atoms with Crippen LogP contribution in [0.4, 0.5) is 0 Å². The van der Waals surface area contributed by atoms with Crippen LogP contribution < -0.4 is 28.4 Å². The summed E-state index contributed by atoms with van der Waals surface area (Å²) >= 11 is 0. The average molecular weight is 1470 g/mol. The summed E-state index contributed by atoms with van der Waals surface area (Å²) in [4.78, 5) is 0. The van der Waals surface area contributed by atoms with Gasteiger partial charge in [-0.05, 0) is 175 Å². The molecule has 0 aliphatic carbocycles. The van der Waals surface area contributed by atoms with Crippen molar-refractivity contribution >= 4 is 94.5 Å². The van der Waals surface area contributed by atoms with Gasteiger partial charge in [-0.25, -0.2) is 0 Å². The minimum absolute atomic E-state index is 0.656. The minimum atomic E-state index is 0.656. The van der Waals surface area contributed by atoms with Crippen molar-refractivity contribution in [3.8, 4) is 45.6 Å². The molecule has 0 N–H and O–H groups in total. The van der Waals surface area contributed by atoms with Gasteiger partial charge in [-0.1, -0.05) is 363 Å². The molecule has 0 aliphatic heterocycles. The fraction of sp³-hybridized carbons (Fsp3) is 0.346. The maximum atomic E-state index is 6.87. The Bertz CT molecular complexity index is 4190. The van der Waals surface area contributed by atoms with Crippen LogP contribution in [0.5, 0.6) is 34.5 Å². The summed E-state index contributed by atoms with van der Waals surface area (Å²) in [5.74, 6) is 5.25. The van der Waals surface area contributed by atoms with Crippen molar-refractivity contribution in [2.45, 2.75) is 196 Å². The molecule has 0 unspecified atom stereocenters. The Morgan fingerprint density at radius 1 is 0.182 bits per heavy atom. The van der Waals surface area contributed by atoms with E-state index in [9.17, 15) is 0 Å². The van der Waals surface area contributed by atoms with Crippen molar-refractivity contribution in [2.24, 2.45) is 0 Å². The van der Waals surface area contributed by atoms with Gasteiger partial charge >= 0.3 is 0 Å². The lowest BCUT2D eigenvalue weighted by atomic mass is 9.91. The van der Waals surface area contributed by atoms with Gasteiger partial charge in [0.25, 0.3) is 0 Å². The molecule has 0 heterocycles. The largest absolute Gasteiger partial charge is 0.493 e. The Hall–Kier alpha value is -10.0. The normalized spacial score (nSPS) is 11.9. The number of fused-ring (bicyclic) bond motifs is 2. The van der Waals surface area contributed by atoms with Crippen LogP contribution in [-0.2, 0) is 0 Å². The van der Waals surface area contributed by atoms with Gasteiger partial charge in [-0.3, -0.25) is 0 Å². The summed E-state index contributed by atoms with van der Waals surface area (Å²) in [6.07, 6.45) is 54.1. The highest BCUT2D eigenvalue weighted by molar-refractivity contribution is 6.10. The molecule has 10 rings (SSSR count). The van der Waals surface area contributed by atoms with E-state index in [0.29, 0.717) is 13.2 Å². The van der Waals surface area contributed by atoms with Crippen LogP contribution in [0.1, 0.15) is 262 Å². The highest BCUT2D eigenvalue weighted by Gasteiger charge is 2.20. The molecule has 0 spiro atoms. The zero-order chi connectivity index (χ0) is 76.4. The van der Waals surface area contributed by atoms with Crippen molar-refractivity contribution in [3.63, 3.8) is 0 Å². The van der Waals surface area contributed by atoms with Crippen LogP contribution in [-0.4, -0.2) is 39.6 Å². The van der Waals surface area contributed by atoms with Gasteiger partial charge in [0, 0.05) is 23.3 Å². The molecule has 10 aromatic carbocycles. The van der Waals surface area contributed by atoms with E-state index in [4.69, 9.17) is 28.4 Å². The highest BCUT2D eigenvalue weighted by atomic mass is 16.5. The molecular weight excluding hydrogens is 1350 g/mol. The van der Waals surface area contributed by atoms with E-state index < -0.39 is 0 Å². The minimum Gasteiger partial charge on any atom is -0.493 e. The van der Waals surface area contributed by atoms with Crippen molar-refractivity contribution in [1.82, 2.24) is 0 Å². The van der Waals surface area contributed by atoms with E-state index in [1.807, 2.05) is 12.1 Å². The SMILES string of the molecule is CCCCCCOc1cc(/C=C/c2ccc(/C=C/c3ccc(/C=C\c4ccc5c(-c6c(OCCCCCC)ccc7cc(/C=C/c8ccc(/C=C/c9ccc(/C=C/c%10cc(OCCCCCC)cc(OCCCCCC)c%10)cc9)cc8)ccc67)c(OCCCCCC)ccc5c4)cc3)cc2)cc(OCCCCCC)c1. The van der Waals surface area contributed by atoms with Crippen LogP contribution >= 0.6 is 0 Å². The van der Waals surface area contributed by atoms with Crippen LogP contribution in [0.15, 0.2) is 194 Å². The van der Waals surface area contributed by atoms with Crippen molar-refractivity contribution in [1.29, 1.82) is 0 Å². The second kappa shape index (κ2) is 47.1. The molecule has 0 saturated heterocycles. The van der Waals surface area contributed by atoms with Gasteiger partial charge in [-0.15, -0.1) is 0 Å². The molecule has 0 radical (unpaired) electrons. The molecule has 10 aromatic rings. The third-order valence-electron chi connectivity index (χ3n) is 20.2. The molecule has 0 aliphatic rings. The second-order valence-electron chi connectivity index (χ2n) is 29.4. The molecule has 0 saturated carbocycles. The molecule has 574 valence electrons. The molecule has 0 aromatic heterocycles. The summed E-state index contributed by atoms with van der Waals surface area (Å²) in [5.41, 5.74) is 15.7. The maximum Gasteiger partial charge on any atom is 0.127 e. The standard InChI is InChI=1S/C104H122O6/c1-7-13-19-25-67-105-95-75-91(76-96(79-95)106-68-26-20-14-8-2)57-53-87-47-39-83(40-48-87)33-31-81-35-43-85(44-36-81)51-55-89-59-63-99-93(73-89)61-65-101(109-71-29-23-17-11-5)103(99)104-100-64-60-90(74-94(100)62-66-102(104)110-72-30-24-18-12-6)56-52-86-45-37-82(38-46-86)32-34-84-41-49-88(50-42-84)54-58-92-77-97(107-69-27-21-15-9-3)80-98(78-92)108-70-28-22-16-10-4/h31-66,73-80H,7-30,67-72H2,1-6H3/b33-31+,34-32+,55-51-,56-52+,57-53+,58-54+. The number of hydrogen-bond donors (Lipinski definition) is 0. The smallest absolute Gasteiger partial charge is 0.127 e. The highest BCUT2D eigenvalue weighted by Crippen LogP contribution is 2.46. The van der Waals surface area contributed by atoms with Crippen molar-refractivity contribution in [3.05, 3.63) is 261 Å². The van der Waals surface area contributed by atoms with E-state index in [1.54, 1.807) is 0 Å². The van der Waals surface area contributed by atoms with Gasteiger partial charge in [0.15, 0.2) is 0 Å². The monoisotopic (exact) mass is 1470 g/mol. The molecular formula is C104H122O6. The zero-order valence-corrected chi connectivity index (χ0v) is 67.1. The molecule has 0 atom stereocenters. The summed E-state index contributed by atoms with van der Waals surface area (Å²) in [6.45, 7) is 17.7. The molecule has 6 heteroatoms. The van der Waals surface area contributed by atoms with Gasteiger partial charge in [0.1, 0.15) is 34.5 Å². The second-order valence-corrected chi connectivity index (χ2v) is 29.4. The maximum absolute atomic E-state index is 6.87. The Morgan fingerprint density at radius 2 is 0.391 bits per heavy atom. The van der Waals surface area contributed by atoms with E-state index >= 15 is 0 Å². The van der Waals surface area contributed by atoms with E-state index in [1.165, 1.54) is 103 Å². The predicted molar refractivity (Wildman–Crippen MR) is 477 cm³/mol. The Balaban J connectivity index is 0.806. The summed E-state index contributed by atoms with van der Waals surface area (Å²) in [5, 5.41) is 4.58. The lowest BCUT2D eigenvalue weighted by Gasteiger charge is -2.20. The number of benzene rings is 10. The third-order valence-corrected chi connectivity index (χ3v) is 20.2.